The second-order valence-corrected chi connectivity index (χ2v) is 5.48. The number of hydrogen-bond acceptors (Lipinski definition) is 2. The summed E-state index contributed by atoms with van der Waals surface area (Å²) in [7, 11) is 0. The topological polar surface area (TPSA) is 20.3 Å². The van der Waals surface area contributed by atoms with Crippen molar-refractivity contribution in [2.24, 2.45) is 5.92 Å². The van der Waals surface area contributed by atoms with E-state index in [1.165, 1.54) is 4.90 Å². The highest BCUT2D eigenvalue weighted by Crippen LogP contribution is 2.20. The van der Waals surface area contributed by atoms with Gasteiger partial charge in [0.05, 0.1) is 0 Å². The highest BCUT2D eigenvalue weighted by Gasteiger charge is 2.25. The van der Waals surface area contributed by atoms with Crippen molar-refractivity contribution >= 4 is 17.7 Å². The maximum atomic E-state index is 11.5. The molecule has 1 aromatic carbocycles. The first kappa shape index (κ1) is 11.5. The molecule has 3 heteroatoms. The molecule has 0 aliphatic carbocycles. The van der Waals surface area contributed by atoms with Gasteiger partial charge in [0.2, 0.25) is 5.91 Å². The monoisotopic (exact) mass is 235 g/mol. The quantitative estimate of drug-likeness (QED) is 0.748. The standard InChI is InChI=1S/C13H17NOS/c1-11-9-13(15)14(10-11)7-8-16-12-5-3-2-4-6-12/h2-6,11H,7-10H2,1H3. The molecule has 0 N–H and O–H groups in total. The number of thioether (sulfide) groups is 1. The van der Waals surface area contributed by atoms with Crippen LogP contribution in [0, 0.1) is 5.92 Å². The van der Waals surface area contributed by atoms with Crippen LogP contribution in [-0.2, 0) is 4.79 Å². The van der Waals surface area contributed by atoms with Crippen LogP contribution in [0.1, 0.15) is 13.3 Å². The van der Waals surface area contributed by atoms with Crippen molar-refractivity contribution in [1.29, 1.82) is 0 Å². The van der Waals surface area contributed by atoms with Crippen molar-refractivity contribution in [3.05, 3.63) is 30.3 Å². The van der Waals surface area contributed by atoms with Crippen LogP contribution in [0.4, 0.5) is 0 Å². The second-order valence-electron chi connectivity index (χ2n) is 4.31. The Hall–Kier alpha value is -0.960. The molecule has 2 nitrogen and oxygen atoms in total. The van der Waals surface area contributed by atoms with Crippen LogP contribution in [0.3, 0.4) is 0 Å². The van der Waals surface area contributed by atoms with E-state index in [0.717, 1.165) is 25.3 Å². The molecule has 0 aromatic heterocycles. The van der Waals surface area contributed by atoms with Gasteiger partial charge < -0.3 is 4.90 Å². The summed E-state index contributed by atoms with van der Waals surface area (Å²) in [6.07, 6.45) is 0.732. The van der Waals surface area contributed by atoms with Gasteiger partial charge in [-0.1, -0.05) is 25.1 Å². The lowest BCUT2D eigenvalue weighted by Gasteiger charge is -2.15. The average molecular weight is 235 g/mol. The van der Waals surface area contributed by atoms with Gasteiger partial charge in [-0.25, -0.2) is 0 Å². The summed E-state index contributed by atoms with van der Waals surface area (Å²) >= 11 is 1.82. The first-order valence-electron chi connectivity index (χ1n) is 5.71. The molecule has 1 amide bonds. The predicted octanol–water partition coefficient (Wildman–Crippen LogP) is 2.65. The molecule has 0 spiro atoms. The van der Waals surface area contributed by atoms with Crippen LogP contribution in [0.25, 0.3) is 0 Å². The summed E-state index contributed by atoms with van der Waals surface area (Å²) in [5.74, 6) is 1.85. The predicted molar refractivity (Wildman–Crippen MR) is 67.5 cm³/mol. The molecule has 1 aromatic rings. The van der Waals surface area contributed by atoms with Gasteiger partial charge in [-0.05, 0) is 18.1 Å². The lowest BCUT2D eigenvalue weighted by atomic mass is 10.2. The van der Waals surface area contributed by atoms with E-state index in [9.17, 15) is 4.79 Å². The molecular formula is C13H17NOS. The van der Waals surface area contributed by atoms with Gasteiger partial charge in [-0.3, -0.25) is 4.79 Å². The SMILES string of the molecule is CC1CC(=O)N(CCSc2ccccc2)C1. The minimum Gasteiger partial charge on any atom is -0.342 e. The summed E-state index contributed by atoms with van der Waals surface area (Å²) in [6.45, 7) is 3.96. The van der Waals surface area contributed by atoms with E-state index in [2.05, 4.69) is 19.1 Å². The zero-order valence-corrected chi connectivity index (χ0v) is 10.4. The Morgan fingerprint density at radius 3 is 2.75 bits per heavy atom. The summed E-state index contributed by atoms with van der Waals surface area (Å²) < 4.78 is 0. The molecule has 1 unspecified atom stereocenters. The third kappa shape index (κ3) is 3.01. The Labute approximate surface area is 101 Å². The summed E-state index contributed by atoms with van der Waals surface area (Å²) in [4.78, 5) is 14.8. The maximum absolute atomic E-state index is 11.5. The number of rotatable bonds is 4. The molecule has 1 fully saturated rings. The minimum atomic E-state index is 0.321. The van der Waals surface area contributed by atoms with Crippen molar-refractivity contribution < 1.29 is 4.79 Å². The Morgan fingerprint density at radius 2 is 2.12 bits per heavy atom. The fraction of sp³-hybridized carbons (Fsp3) is 0.462. The van der Waals surface area contributed by atoms with Gasteiger partial charge in [-0.2, -0.15) is 0 Å². The molecule has 1 heterocycles. The minimum absolute atomic E-state index is 0.321. The largest absolute Gasteiger partial charge is 0.342 e. The van der Waals surface area contributed by atoms with Crippen LogP contribution in [0.5, 0.6) is 0 Å². The van der Waals surface area contributed by atoms with Crippen LogP contribution in [0.15, 0.2) is 35.2 Å². The van der Waals surface area contributed by atoms with Crippen molar-refractivity contribution in [2.75, 3.05) is 18.8 Å². The van der Waals surface area contributed by atoms with E-state index in [0.29, 0.717) is 11.8 Å². The van der Waals surface area contributed by atoms with Crippen LogP contribution < -0.4 is 0 Å². The van der Waals surface area contributed by atoms with Crippen molar-refractivity contribution in [3.8, 4) is 0 Å². The van der Waals surface area contributed by atoms with Crippen molar-refractivity contribution in [2.45, 2.75) is 18.2 Å². The summed E-state index contributed by atoms with van der Waals surface area (Å²) in [6, 6.07) is 10.3. The number of nitrogens with zero attached hydrogens (tertiary/aromatic N) is 1. The van der Waals surface area contributed by atoms with Gasteiger partial charge in [0, 0.05) is 30.2 Å². The molecule has 1 saturated heterocycles. The Morgan fingerprint density at radius 1 is 1.38 bits per heavy atom. The van der Waals surface area contributed by atoms with Crippen molar-refractivity contribution in [1.82, 2.24) is 4.90 Å². The normalized spacial score (nSPS) is 20.4. The fourth-order valence-electron chi connectivity index (χ4n) is 1.98. The molecule has 2 rings (SSSR count). The Kier molecular flexibility index (Phi) is 3.88. The molecule has 0 saturated carbocycles. The van der Waals surface area contributed by atoms with Crippen LogP contribution in [-0.4, -0.2) is 29.6 Å². The second kappa shape index (κ2) is 5.39. The first-order chi connectivity index (χ1) is 7.75. The van der Waals surface area contributed by atoms with Gasteiger partial charge >= 0.3 is 0 Å². The van der Waals surface area contributed by atoms with E-state index in [1.54, 1.807) is 0 Å². The first-order valence-corrected chi connectivity index (χ1v) is 6.70. The molecule has 86 valence electrons. The summed E-state index contributed by atoms with van der Waals surface area (Å²) in [5, 5.41) is 0. The van der Waals surface area contributed by atoms with Crippen LogP contribution in [0.2, 0.25) is 0 Å². The molecule has 1 aliphatic heterocycles. The highest BCUT2D eigenvalue weighted by molar-refractivity contribution is 7.99. The van der Waals surface area contributed by atoms with Crippen LogP contribution >= 0.6 is 11.8 Å². The van der Waals surface area contributed by atoms with E-state index in [1.807, 2.05) is 34.9 Å². The lowest BCUT2D eigenvalue weighted by molar-refractivity contribution is -0.127. The van der Waals surface area contributed by atoms with Crippen molar-refractivity contribution in [3.63, 3.8) is 0 Å². The van der Waals surface area contributed by atoms with E-state index in [-0.39, 0.29) is 0 Å². The van der Waals surface area contributed by atoms with Gasteiger partial charge in [0.15, 0.2) is 0 Å². The smallest absolute Gasteiger partial charge is 0.222 e. The van der Waals surface area contributed by atoms with Gasteiger partial charge in [-0.15, -0.1) is 11.8 Å². The molecule has 0 bridgehead atoms. The summed E-state index contributed by atoms with van der Waals surface area (Å²) in [5.41, 5.74) is 0. The average Bonchev–Trinajstić information content (AvgIpc) is 2.59. The number of carbonyl (C=O) groups is 1. The number of likely N-dealkylation sites (tertiary alicyclic amines) is 1. The zero-order chi connectivity index (χ0) is 11.4. The fourth-order valence-corrected chi connectivity index (χ4v) is 2.87. The Bertz CT molecular complexity index is 352. The Balaban J connectivity index is 1.74. The lowest BCUT2D eigenvalue weighted by Crippen LogP contribution is -2.27. The van der Waals surface area contributed by atoms with E-state index >= 15 is 0 Å². The van der Waals surface area contributed by atoms with Gasteiger partial charge in [0.25, 0.3) is 0 Å². The molecule has 1 aliphatic rings. The maximum Gasteiger partial charge on any atom is 0.222 e. The van der Waals surface area contributed by atoms with E-state index in [4.69, 9.17) is 0 Å². The number of hydrogen-bond donors (Lipinski definition) is 0. The number of benzene rings is 1. The zero-order valence-electron chi connectivity index (χ0n) is 9.56. The molecule has 1 atom stereocenters. The molecule has 0 radical (unpaired) electrons. The number of amides is 1. The third-order valence-corrected chi connectivity index (χ3v) is 3.77. The van der Waals surface area contributed by atoms with Gasteiger partial charge in [0.1, 0.15) is 0 Å². The molecular weight excluding hydrogens is 218 g/mol. The number of carbonyl (C=O) groups excluding carboxylic acids is 1. The molecule has 16 heavy (non-hydrogen) atoms. The highest BCUT2D eigenvalue weighted by atomic mass is 32.2. The van der Waals surface area contributed by atoms with E-state index < -0.39 is 0 Å². The third-order valence-electron chi connectivity index (χ3n) is 2.78.